The highest BCUT2D eigenvalue weighted by molar-refractivity contribution is 5.76. The van der Waals surface area contributed by atoms with E-state index in [2.05, 4.69) is 5.32 Å². The minimum atomic E-state index is 0.232. The van der Waals surface area contributed by atoms with Gasteiger partial charge in [-0.3, -0.25) is 4.79 Å². The molecule has 0 radical (unpaired) electrons. The molecule has 0 aromatic heterocycles. The van der Waals surface area contributed by atoms with Gasteiger partial charge in [-0.1, -0.05) is 12.8 Å². The fraction of sp³-hybridized carbons (Fsp3) is 0.917. The molecule has 3 N–H and O–H groups in total. The van der Waals surface area contributed by atoms with Gasteiger partial charge in [-0.2, -0.15) is 0 Å². The highest BCUT2D eigenvalue weighted by Gasteiger charge is 2.25. The lowest BCUT2D eigenvalue weighted by Gasteiger charge is -2.29. The molecule has 1 amide bonds. The van der Waals surface area contributed by atoms with Crippen LogP contribution in [-0.4, -0.2) is 44.0 Å². The number of hydrogen-bond acceptors (Lipinski definition) is 3. The van der Waals surface area contributed by atoms with Crippen LogP contribution in [0.15, 0.2) is 0 Å². The molecule has 4 heteroatoms. The van der Waals surface area contributed by atoms with Crippen LogP contribution in [0, 0.1) is 5.92 Å². The summed E-state index contributed by atoms with van der Waals surface area (Å²) in [7, 11) is 3.77. The summed E-state index contributed by atoms with van der Waals surface area (Å²) in [6.45, 7) is 1.62. The molecular formula is C12H25N3O. The second-order valence-corrected chi connectivity index (χ2v) is 4.83. The normalized spacial score (nSPS) is 25.4. The Morgan fingerprint density at radius 3 is 2.75 bits per heavy atom. The standard InChI is InChI=1S/C12H25N3O/c1-14-7-8-15(2)12(16)9-10-5-3-4-6-11(10)13/h10-11,14H,3-9,13H2,1-2H3. The minimum Gasteiger partial charge on any atom is -0.344 e. The van der Waals surface area contributed by atoms with Crippen molar-refractivity contribution in [1.82, 2.24) is 10.2 Å². The van der Waals surface area contributed by atoms with Crippen molar-refractivity contribution in [3.05, 3.63) is 0 Å². The van der Waals surface area contributed by atoms with Gasteiger partial charge in [0.05, 0.1) is 0 Å². The van der Waals surface area contributed by atoms with Crippen molar-refractivity contribution >= 4 is 5.91 Å². The van der Waals surface area contributed by atoms with Crippen molar-refractivity contribution in [2.45, 2.75) is 38.1 Å². The average molecular weight is 227 g/mol. The quantitative estimate of drug-likeness (QED) is 0.722. The Morgan fingerprint density at radius 2 is 2.12 bits per heavy atom. The van der Waals surface area contributed by atoms with Crippen LogP contribution in [0.1, 0.15) is 32.1 Å². The zero-order valence-electron chi connectivity index (χ0n) is 10.5. The summed E-state index contributed by atoms with van der Waals surface area (Å²) in [6, 6.07) is 0.232. The average Bonchev–Trinajstić information content (AvgIpc) is 2.28. The van der Waals surface area contributed by atoms with Crippen LogP contribution in [0.4, 0.5) is 0 Å². The molecule has 0 saturated heterocycles. The zero-order chi connectivity index (χ0) is 12.0. The SMILES string of the molecule is CNCCN(C)C(=O)CC1CCCCC1N. The minimum absolute atomic E-state index is 0.232. The van der Waals surface area contributed by atoms with Gasteiger partial charge in [-0.25, -0.2) is 0 Å². The van der Waals surface area contributed by atoms with Crippen molar-refractivity contribution < 1.29 is 4.79 Å². The number of carbonyl (C=O) groups excluding carboxylic acids is 1. The van der Waals surface area contributed by atoms with Crippen LogP contribution in [0.2, 0.25) is 0 Å². The number of rotatable bonds is 5. The Morgan fingerprint density at radius 1 is 1.44 bits per heavy atom. The predicted octanol–water partition coefficient (Wildman–Crippen LogP) is 0.572. The summed E-state index contributed by atoms with van der Waals surface area (Å²) in [6.07, 6.45) is 5.28. The van der Waals surface area contributed by atoms with Crippen LogP contribution < -0.4 is 11.1 Å². The van der Waals surface area contributed by atoms with E-state index in [4.69, 9.17) is 5.73 Å². The molecule has 0 aromatic carbocycles. The monoisotopic (exact) mass is 227 g/mol. The van der Waals surface area contributed by atoms with E-state index in [1.807, 2.05) is 14.1 Å². The van der Waals surface area contributed by atoms with Gasteiger partial charge in [0.15, 0.2) is 0 Å². The van der Waals surface area contributed by atoms with Crippen LogP contribution in [-0.2, 0) is 4.79 Å². The first-order chi connectivity index (χ1) is 7.65. The third-order valence-corrected chi connectivity index (χ3v) is 3.53. The van der Waals surface area contributed by atoms with Gasteiger partial charge in [-0.15, -0.1) is 0 Å². The molecule has 94 valence electrons. The Bertz CT molecular complexity index is 220. The third kappa shape index (κ3) is 4.10. The third-order valence-electron chi connectivity index (χ3n) is 3.53. The number of hydrogen-bond donors (Lipinski definition) is 2. The lowest BCUT2D eigenvalue weighted by Crippen LogP contribution is -2.39. The maximum absolute atomic E-state index is 11.9. The van der Waals surface area contributed by atoms with Crippen molar-refractivity contribution in [2.75, 3.05) is 27.2 Å². The van der Waals surface area contributed by atoms with Gasteiger partial charge in [0.1, 0.15) is 0 Å². The molecule has 1 rings (SSSR count). The molecule has 1 aliphatic rings. The number of carbonyl (C=O) groups is 1. The summed E-state index contributed by atoms with van der Waals surface area (Å²) < 4.78 is 0. The number of nitrogens with two attached hydrogens (primary N) is 1. The number of nitrogens with one attached hydrogen (secondary N) is 1. The fourth-order valence-electron chi connectivity index (χ4n) is 2.27. The van der Waals surface area contributed by atoms with Crippen molar-refractivity contribution in [1.29, 1.82) is 0 Å². The topological polar surface area (TPSA) is 58.4 Å². The molecule has 1 saturated carbocycles. The first kappa shape index (κ1) is 13.5. The maximum atomic E-state index is 11.9. The molecule has 16 heavy (non-hydrogen) atoms. The Labute approximate surface area is 98.6 Å². The molecule has 0 aliphatic heterocycles. The van der Waals surface area contributed by atoms with E-state index in [0.717, 1.165) is 25.9 Å². The summed E-state index contributed by atoms with van der Waals surface area (Å²) in [5.41, 5.74) is 6.04. The van der Waals surface area contributed by atoms with Crippen molar-refractivity contribution in [2.24, 2.45) is 11.7 Å². The van der Waals surface area contributed by atoms with Crippen LogP contribution in [0.3, 0.4) is 0 Å². The highest BCUT2D eigenvalue weighted by atomic mass is 16.2. The lowest BCUT2D eigenvalue weighted by atomic mass is 9.83. The second kappa shape index (κ2) is 6.86. The summed E-state index contributed by atoms with van der Waals surface area (Å²) in [4.78, 5) is 13.7. The number of amides is 1. The summed E-state index contributed by atoms with van der Waals surface area (Å²) >= 11 is 0. The van der Waals surface area contributed by atoms with E-state index < -0.39 is 0 Å². The molecule has 0 spiro atoms. The van der Waals surface area contributed by atoms with Crippen LogP contribution in [0.5, 0.6) is 0 Å². The van der Waals surface area contributed by atoms with Gasteiger partial charge in [-0.05, 0) is 25.8 Å². The van der Waals surface area contributed by atoms with Crippen molar-refractivity contribution in [3.8, 4) is 0 Å². The molecule has 2 unspecified atom stereocenters. The second-order valence-electron chi connectivity index (χ2n) is 4.83. The summed E-state index contributed by atoms with van der Waals surface area (Å²) in [5.74, 6) is 0.635. The number of likely N-dealkylation sites (N-methyl/N-ethyl adjacent to an activating group) is 2. The van der Waals surface area contributed by atoms with E-state index in [9.17, 15) is 4.79 Å². The van der Waals surface area contributed by atoms with E-state index in [0.29, 0.717) is 12.3 Å². The van der Waals surface area contributed by atoms with Gasteiger partial charge in [0.25, 0.3) is 0 Å². The Balaban J connectivity index is 2.31. The molecule has 0 bridgehead atoms. The molecule has 0 heterocycles. The molecule has 2 atom stereocenters. The maximum Gasteiger partial charge on any atom is 0.222 e. The number of nitrogens with zero attached hydrogens (tertiary/aromatic N) is 1. The zero-order valence-corrected chi connectivity index (χ0v) is 10.5. The first-order valence-electron chi connectivity index (χ1n) is 6.29. The Kier molecular flexibility index (Phi) is 5.77. The van der Waals surface area contributed by atoms with E-state index in [-0.39, 0.29) is 11.9 Å². The lowest BCUT2D eigenvalue weighted by molar-refractivity contribution is -0.131. The molecule has 1 aliphatic carbocycles. The fourth-order valence-corrected chi connectivity index (χ4v) is 2.27. The van der Waals surface area contributed by atoms with Crippen LogP contribution >= 0.6 is 0 Å². The smallest absolute Gasteiger partial charge is 0.222 e. The van der Waals surface area contributed by atoms with Gasteiger partial charge in [0, 0.05) is 32.6 Å². The molecule has 1 fully saturated rings. The van der Waals surface area contributed by atoms with Gasteiger partial charge in [0.2, 0.25) is 5.91 Å². The first-order valence-corrected chi connectivity index (χ1v) is 6.29. The van der Waals surface area contributed by atoms with Crippen LogP contribution in [0.25, 0.3) is 0 Å². The van der Waals surface area contributed by atoms with E-state index in [1.54, 1.807) is 4.90 Å². The van der Waals surface area contributed by atoms with E-state index in [1.165, 1.54) is 12.8 Å². The van der Waals surface area contributed by atoms with Gasteiger partial charge < -0.3 is 16.0 Å². The molecule has 4 nitrogen and oxygen atoms in total. The Hall–Kier alpha value is -0.610. The van der Waals surface area contributed by atoms with Crippen molar-refractivity contribution in [3.63, 3.8) is 0 Å². The highest BCUT2D eigenvalue weighted by Crippen LogP contribution is 2.25. The van der Waals surface area contributed by atoms with E-state index >= 15 is 0 Å². The summed E-state index contributed by atoms with van der Waals surface area (Å²) in [5, 5.41) is 3.05. The van der Waals surface area contributed by atoms with Gasteiger partial charge >= 0.3 is 0 Å². The molecule has 0 aromatic rings. The largest absolute Gasteiger partial charge is 0.344 e. The predicted molar refractivity (Wildman–Crippen MR) is 66.1 cm³/mol. The molecular weight excluding hydrogens is 202 g/mol.